The van der Waals surface area contributed by atoms with Gasteiger partial charge in [-0.2, -0.15) is 0 Å². The van der Waals surface area contributed by atoms with E-state index in [1.54, 1.807) is 11.0 Å². The van der Waals surface area contributed by atoms with Crippen molar-refractivity contribution in [3.8, 4) is 0 Å². The molecule has 0 radical (unpaired) electrons. The number of benzene rings is 1. The van der Waals surface area contributed by atoms with Crippen LogP contribution in [0.4, 0.5) is 0 Å². The van der Waals surface area contributed by atoms with Crippen LogP contribution in [0.25, 0.3) is 0 Å². The van der Waals surface area contributed by atoms with Crippen LogP contribution in [-0.2, 0) is 16.4 Å². The summed E-state index contributed by atoms with van der Waals surface area (Å²) in [5, 5.41) is 0.227. The number of hydrogen-bond acceptors (Lipinski definition) is 4. The molecule has 4 nitrogen and oxygen atoms in total. The van der Waals surface area contributed by atoms with Crippen molar-refractivity contribution in [1.82, 2.24) is 4.90 Å². The van der Waals surface area contributed by atoms with Crippen molar-refractivity contribution in [2.75, 3.05) is 12.8 Å². The van der Waals surface area contributed by atoms with E-state index in [1.807, 2.05) is 13.0 Å². The fraction of sp³-hybridized carbons (Fsp3) is 0.267. The molecule has 2 aromatic rings. The van der Waals surface area contributed by atoms with E-state index < -0.39 is 9.84 Å². The molecule has 0 N–H and O–H groups in total. The van der Waals surface area contributed by atoms with Gasteiger partial charge in [-0.25, -0.2) is 8.42 Å². The lowest BCUT2D eigenvalue weighted by Gasteiger charge is -2.21. The summed E-state index contributed by atoms with van der Waals surface area (Å²) in [6, 6.07) is 7.78. The molecule has 0 aliphatic rings. The van der Waals surface area contributed by atoms with E-state index in [9.17, 15) is 13.2 Å². The topological polar surface area (TPSA) is 54.5 Å². The SMILES string of the molecule is CCN(Cc1ccc(Cl)s1)C(=O)c1cc(S(C)(=O)=O)ccc1Cl. The normalized spacial score (nSPS) is 11.5. The predicted octanol–water partition coefficient (Wildman–Crippen LogP) is 4.12. The van der Waals surface area contributed by atoms with Gasteiger partial charge in [0.2, 0.25) is 0 Å². The molecule has 0 bridgehead atoms. The zero-order valence-corrected chi connectivity index (χ0v) is 15.7. The fourth-order valence-corrected chi connectivity index (χ4v) is 3.97. The highest BCUT2D eigenvalue weighted by molar-refractivity contribution is 7.90. The van der Waals surface area contributed by atoms with Gasteiger partial charge in [-0.3, -0.25) is 4.79 Å². The molecule has 0 aliphatic carbocycles. The lowest BCUT2D eigenvalue weighted by molar-refractivity contribution is 0.0754. The third-order valence-corrected chi connectivity index (χ3v) is 5.90. The number of nitrogens with zero attached hydrogens (tertiary/aromatic N) is 1. The van der Waals surface area contributed by atoms with Gasteiger partial charge >= 0.3 is 0 Å². The predicted molar refractivity (Wildman–Crippen MR) is 94.3 cm³/mol. The van der Waals surface area contributed by atoms with Gasteiger partial charge in [0, 0.05) is 17.7 Å². The molecule has 1 heterocycles. The van der Waals surface area contributed by atoms with Crippen molar-refractivity contribution in [3.63, 3.8) is 0 Å². The molecule has 0 saturated carbocycles. The minimum absolute atomic E-state index is 0.0699. The molecule has 0 aliphatic heterocycles. The third-order valence-electron chi connectivity index (χ3n) is 3.24. The molecule has 0 fully saturated rings. The van der Waals surface area contributed by atoms with Crippen LogP contribution in [0.2, 0.25) is 9.36 Å². The van der Waals surface area contributed by atoms with E-state index in [1.165, 1.54) is 29.5 Å². The molecule has 0 unspecified atom stereocenters. The molecular weight excluding hydrogens is 377 g/mol. The van der Waals surface area contributed by atoms with Crippen LogP contribution in [0.3, 0.4) is 0 Å². The Kier molecular flexibility index (Phi) is 5.73. The van der Waals surface area contributed by atoms with Crippen molar-refractivity contribution >= 4 is 50.3 Å². The Hall–Kier alpha value is -1.08. The number of carbonyl (C=O) groups excluding carboxylic acids is 1. The highest BCUT2D eigenvalue weighted by atomic mass is 35.5. The van der Waals surface area contributed by atoms with Gasteiger partial charge in [0.25, 0.3) is 5.91 Å². The second-order valence-electron chi connectivity index (χ2n) is 4.94. The summed E-state index contributed by atoms with van der Waals surface area (Å²) in [4.78, 5) is 15.3. The average Bonchev–Trinajstić information content (AvgIpc) is 2.88. The first kappa shape index (κ1) is 18.3. The molecular formula is C15H15Cl2NO3S2. The van der Waals surface area contributed by atoms with Crippen molar-refractivity contribution in [3.05, 3.63) is 50.1 Å². The Morgan fingerprint density at radius 1 is 1.22 bits per heavy atom. The third kappa shape index (κ3) is 4.47. The zero-order valence-electron chi connectivity index (χ0n) is 12.5. The second kappa shape index (κ2) is 7.21. The quantitative estimate of drug-likeness (QED) is 0.769. The fourth-order valence-electron chi connectivity index (χ4n) is 2.02. The maximum atomic E-state index is 12.7. The lowest BCUT2D eigenvalue weighted by Crippen LogP contribution is -2.30. The summed E-state index contributed by atoms with van der Waals surface area (Å²) in [6.45, 7) is 2.71. The Morgan fingerprint density at radius 2 is 1.91 bits per heavy atom. The van der Waals surface area contributed by atoms with Gasteiger partial charge in [-0.05, 0) is 37.3 Å². The highest BCUT2D eigenvalue weighted by Gasteiger charge is 2.20. The average molecular weight is 392 g/mol. The van der Waals surface area contributed by atoms with Crippen LogP contribution in [0, 0.1) is 0 Å². The van der Waals surface area contributed by atoms with E-state index in [0.29, 0.717) is 17.4 Å². The summed E-state index contributed by atoms with van der Waals surface area (Å²) in [7, 11) is -3.41. The standard InChI is InChI=1S/C15H15Cl2NO3S2/c1-3-18(9-10-4-7-14(17)22-10)15(19)12-8-11(23(2,20)21)5-6-13(12)16/h4-8H,3,9H2,1-2H3. The molecule has 2 rings (SSSR count). The van der Waals surface area contributed by atoms with Crippen LogP contribution >= 0.6 is 34.5 Å². The van der Waals surface area contributed by atoms with Gasteiger partial charge in [0.15, 0.2) is 9.84 Å². The number of hydrogen-bond donors (Lipinski definition) is 0. The highest BCUT2D eigenvalue weighted by Crippen LogP contribution is 2.25. The van der Waals surface area contributed by atoms with E-state index in [-0.39, 0.29) is 21.4 Å². The van der Waals surface area contributed by atoms with E-state index in [0.717, 1.165) is 11.1 Å². The Labute approximate surface area is 149 Å². The number of rotatable bonds is 5. The van der Waals surface area contributed by atoms with Crippen molar-refractivity contribution in [1.29, 1.82) is 0 Å². The van der Waals surface area contributed by atoms with Crippen molar-refractivity contribution < 1.29 is 13.2 Å². The molecule has 8 heteroatoms. The molecule has 124 valence electrons. The first-order chi connectivity index (χ1) is 10.7. The van der Waals surface area contributed by atoms with E-state index in [4.69, 9.17) is 23.2 Å². The number of halogens is 2. The van der Waals surface area contributed by atoms with Crippen molar-refractivity contribution in [2.45, 2.75) is 18.4 Å². The van der Waals surface area contributed by atoms with Gasteiger partial charge in [0.1, 0.15) is 0 Å². The van der Waals surface area contributed by atoms with Crippen LogP contribution in [-0.4, -0.2) is 32.0 Å². The van der Waals surface area contributed by atoms with Crippen LogP contribution in [0.5, 0.6) is 0 Å². The summed E-state index contributed by atoms with van der Waals surface area (Å²) in [6.07, 6.45) is 1.09. The Morgan fingerprint density at radius 3 is 2.43 bits per heavy atom. The molecule has 23 heavy (non-hydrogen) atoms. The Balaban J connectivity index is 2.33. The second-order valence-corrected chi connectivity index (χ2v) is 9.16. The van der Waals surface area contributed by atoms with Gasteiger partial charge in [-0.15, -0.1) is 11.3 Å². The smallest absolute Gasteiger partial charge is 0.255 e. The van der Waals surface area contributed by atoms with Crippen molar-refractivity contribution in [2.24, 2.45) is 0 Å². The van der Waals surface area contributed by atoms with Gasteiger partial charge in [-0.1, -0.05) is 23.2 Å². The minimum atomic E-state index is -3.41. The number of sulfone groups is 1. The molecule has 1 amide bonds. The van der Waals surface area contributed by atoms with E-state index >= 15 is 0 Å². The minimum Gasteiger partial charge on any atom is -0.334 e. The molecule has 1 aromatic carbocycles. The monoisotopic (exact) mass is 391 g/mol. The number of carbonyl (C=O) groups is 1. The zero-order chi connectivity index (χ0) is 17.2. The summed E-state index contributed by atoms with van der Waals surface area (Å²) in [5.41, 5.74) is 0.180. The van der Waals surface area contributed by atoms with Crippen LogP contribution in [0.1, 0.15) is 22.2 Å². The van der Waals surface area contributed by atoms with Crippen LogP contribution in [0.15, 0.2) is 35.2 Å². The van der Waals surface area contributed by atoms with Gasteiger partial charge in [0.05, 0.1) is 26.4 Å². The number of thiophene rings is 1. The molecule has 0 saturated heterocycles. The Bertz CT molecular complexity index is 831. The summed E-state index contributed by atoms with van der Waals surface area (Å²) < 4.78 is 24.0. The van der Waals surface area contributed by atoms with Gasteiger partial charge < -0.3 is 4.90 Å². The lowest BCUT2D eigenvalue weighted by atomic mass is 10.2. The van der Waals surface area contributed by atoms with Crippen LogP contribution < -0.4 is 0 Å². The first-order valence-electron chi connectivity index (χ1n) is 6.75. The maximum Gasteiger partial charge on any atom is 0.255 e. The molecule has 1 aromatic heterocycles. The largest absolute Gasteiger partial charge is 0.334 e. The summed E-state index contributed by atoms with van der Waals surface area (Å²) >= 11 is 13.4. The summed E-state index contributed by atoms with van der Waals surface area (Å²) in [5.74, 6) is -0.312. The number of amides is 1. The first-order valence-corrected chi connectivity index (χ1v) is 10.2. The molecule has 0 atom stereocenters. The molecule has 0 spiro atoms. The maximum absolute atomic E-state index is 12.7. The van der Waals surface area contributed by atoms with E-state index in [2.05, 4.69) is 0 Å².